The zero-order chi connectivity index (χ0) is 27.4. The van der Waals surface area contributed by atoms with Crippen LogP contribution in [0.25, 0.3) is 0 Å². The molecule has 0 radical (unpaired) electrons. The highest BCUT2D eigenvalue weighted by molar-refractivity contribution is 6.72. The number of fused-ring (bicyclic) bond motifs is 1. The van der Waals surface area contributed by atoms with Gasteiger partial charge >= 0.3 is 6.09 Å². The topological polar surface area (TPSA) is 88.5 Å². The molecule has 2 amide bonds. The van der Waals surface area contributed by atoms with E-state index in [1.165, 1.54) is 0 Å². The van der Waals surface area contributed by atoms with E-state index in [9.17, 15) is 14.7 Å². The Bertz CT molecular complexity index is 1130. The number of carbonyl (C=O) groups is 2. The van der Waals surface area contributed by atoms with Gasteiger partial charge in [0.15, 0.2) is 0 Å². The van der Waals surface area contributed by atoms with Crippen LogP contribution >= 0.6 is 0 Å². The van der Waals surface area contributed by atoms with E-state index < -0.39 is 32.3 Å². The molecule has 4 rings (SSSR count). The number of cyclic esters (lactones) is 1. The van der Waals surface area contributed by atoms with Crippen LogP contribution < -0.4 is 9.64 Å². The van der Waals surface area contributed by atoms with Gasteiger partial charge in [-0.1, -0.05) is 37.3 Å². The number of carbonyl (C=O) groups excluding carboxylic acids is 2. The fourth-order valence-electron chi connectivity index (χ4n) is 5.44. The van der Waals surface area contributed by atoms with Crippen LogP contribution in [0.15, 0.2) is 48.5 Å². The standard InChI is InChI=1S/C28H37FN2O6Si/c1-19-26(35-2)22-16-21(31-13-15-36-28(31)34)10-11-23(22)37-27(19)24(38(3,4)29)17-25(33)30(12-14-32)18-20-8-6-5-7-9-20/h5-11,16,19,24,26-27,32H,12-15,17-18H2,1-4H3/t19-,24?,26-,27-/m1/s1. The lowest BCUT2D eigenvalue weighted by atomic mass is 9.86. The number of aliphatic hydroxyl groups excluding tert-OH is 1. The summed E-state index contributed by atoms with van der Waals surface area (Å²) in [6.45, 7) is 6.29. The number of aliphatic hydroxyl groups is 1. The molecule has 0 saturated carbocycles. The number of hydrogen-bond donors (Lipinski definition) is 1. The van der Waals surface area contributed by atoms with E-state index in [0.717, 1.165) is 11.1 Å². The van der Waals surface area contributed by atoms with E-state index in [1.807, 2.05) is 43.3 Å². The zero-order valence-electron chi connectivity index (χ0n) is 22.4. The summed E-state index contributed by atoms with van der Waals surface area (Å²) in [5.74, 6) is 0.0852. The van der Waals surface area contributed by atoms with Crippen LogP contribution in [-0.4, -0.2) is 69.9 Å². The van der Waals surface area contributed by atoms with E-state index in [1.54, 1.807) is 42.1 Å². The zero-order valence-corrected chi connectivity index (χ0v) is 23.4. The first kappa shape index (κ1) is 28.1. The summed E-state index contributed by atoms with van der Waals surface area (Å²) >= 11 is 0. The molecular formula is C28H37FN2O6Si. The Balaban J connectivity index is 1.59. The van der Waals surface area contributed by atoms with Crippen molar-refractivity contribution in [1.29, 1.82) is 0 Å². The molecule has 2 aliphatic heterocycles. The van der Waals surface area contributed by atoms with Gasteiger partial charge in [0.1, 0.15) is 18.5 Å². The third kappa shape index (κ3) is 6.03. The third-order valence-electron chi connectivity index (χ3n) is 7.50. The molecule has 0 aliphatic carbocycles. The molecule has 1 unspecified atom stereocenters. The Morgan fingerprint density at radius 2 is 2.00 bits per heavy atom. The Morgan fingerprint density at radius 1 is 1.26 bits per heavy atom. The van der Waals surface area contributed by atoms with Gasteiger partial charge in [-0.25, -0.2) is 4.79 Å². The molecule has 0 spiro atoms. The summed E-state index contributed by atoms with van der Waals surface area (Å²) in [5.41, 5.74) is 1.77. The smallest absolute Gasteiger partial charge is 0.414 e. The first-order valence-corrected chi connectivity index (χ1v) is 16.0. The van der Waals surface area contributed by atoms with Crippen molar-refractivity contribution in [3.05, 3.63) is 59.7 Å². The molecule has 0 aromatic heterocycles. The predicted octanol–water partition coefficient (Wildman–Crippen LogP) is 4.68. The largest absolute Gasteiger partial charge is 0.490 e. The van der Waals surface area contributed by atoms with Crippen LogP contribution in [0.2, 0.25) is 18.6 Å². The fourth-order valence-corrected chi connectivity index (χ4v) is 7.26. The van der Waals surface area contributed by atoms with Gasteiger partial charge in [-0.15, -0.1) is 0 Å². The van der Waals surface area contributed by atoms with E-state index in [0.29, 0.717) is 31.1 Å². The van der Waals surface area contributed by atoms with E-state index in [2.05, 4.69) is 0 Å². The molecule has 2 aromatic rings. The first-order valence-electron chi connectivity index (χ1n) is 13.0. The first-order chi connectivity index (χ1) is 18.1. The van der Waals surface area contributed by atoms with Crippen molar-refractivity contribution in [2.75, 3.05) is 38.3 Å². The summed E-state index contributed by atoms with van der Waals surface area (Å²) in [6, 6.07) is 15.0. The van der Waals surface area contributed by atoms with Gasteiger partial charge in [0.25, 0.3) is 0 Å². The van der Waals surface area contributed by atoms with E-state index in [-0.39, 0.29) is 31.4 Å². The second-order valence-electron chi connectivity index (χ2n) is 10.5. The molecule has 2 aliphatic rings. The summed E-state index contributed by atoms with van der Waals surface area (Å²) in [5, 5.41) is 9.61. The van der Waals surface area contributed by atoms with Crippen LogP contribution in [0, 0.1) is 5.92 Å². The normalized spacial score (nSPS) is 21.9. The van der Waals surface area contributed by atoms with Crippen molar-refractivity contribution in [2.24, 2.45) is 5.92 Å². The second kappa shape index (κ2) is 11.8. The van der Waals surface area contributed by atoms with Crippen LogP contribution in [0.4, 0.5) is 14.6 Å². The minimum absolute atomic E-state index is 0.0268. The second-order valence-corrected chi connectivity index (χ2v) is 14.4. The van der Waals surface area contributed by atoms with Gasteiger partial charge in [-0.2, -0.15) is 0 Å². The highest BCUT2D eigenvalue weighted by atomic mass is 28.4. The van der Waals surface area contributed by atoms with Crippen molar-refractivity contribution < 1.29 is 33.0 Å². The van der Waals surface area contributed by atoms with Crippen molar-refractivity contribution in [3.63, 3.8) is 0 Å². The molecule has 0 bridgehead atoms. The lowest BCUT2D eigenvalue weighted by Crippen LogP contribution is -2.48. The minimum atomic E-state index is -3.40. The van der Waals surface area contributed by atoms with Gasteiger partial charge in [0.05, 0.1) is 19.3 Å². The highest BCUT2D eigenvalue weighted by Gasteiger charge is 2.48. The lowest BCUT2D eigenvalue weighted by Gasteiger charge is -2.43. The summed E-state index contributed by atoms with van der Waals surface area (Å²) in [6.07, 6.45) is -1.41. The monoisotopic (exact) mass is 544 g/mol. The number of benzene rings is 2. The maximum absolute atomic E-state index is 15.9. The maximum Gasteiger partial charge on any atom is 0.414 e. The van der Waals surface area contributed by atoms with Gasteiger partial charge in [-0.3, -0.25) is 9.69 Å². The van der Waals surface area contributed by atoms with Gasteiger partial charge in [0.2, 0.25) is 14.3 Å². The number of rotatable bonds is 10. The molecule has 2 heterocycles. The number of nitrogens with zero attached hydrogens (tertiary/aromatic N) is 2. The molecule has 1 saturated heterocycles. The van der Waals surface area contributed by atoms with E-state index in [4.69, 9.17) is 14.2 Å². The molecule has 38 heavy (non-hydrogen) atoms. The number of amides is 2. The average molecular weight is 545 g/mol. The molecule has 1 N–H and O–H groups in total. The highest BCUT2D eigenvalue weighted by Crippen LogP contribution is 2.48. The maximum atomic E-state index is 15.9. The average Bonchev–Trinajstić information content (AvgIpc) is 3.32. The Kier molecular flexibility index (Phi) is 8.74. The Morgan fingerprint density at radius 3 is 2.61 bits per heavy atom. The molecule has 8 nitrogen and oxygen atoms in total. The van der Waals surface area contributed by atoms with Gasteiger partial charge in [0, 0.05) is 49.3 Å². The van der Waals surface area contributed by atoms with Crippen LogP contribution in [0.3, 0.4) is 0 Å². The Hall–Kier alpha value is -2.95. The summed E-state index contributed by atoms with van der Waals surface area (Å²) in [7, 11) is -1.80. The minimum Gasteiger partial charge on any atom is -0.490 e. The number of anilines is 1. The van der Waals surface area contributed by atoms with Crippen molar-refractivity contribution in [1.82, 2.24) is 4.90 Å². The number of halogens is 1. The van der Waals surface area contributed by atoms with Crippen molar-refractivity contribution in [3.8, 4) is 5.75 Å². The predicted molar refractivity (Wildman–Crippen MR) is 144 cm³/mol. The quantitative estimate of drug-likeness (QED) is 0.345. The fraction of sp³-hybridized carbons (Fsp3) is 0.500. The van der Waals surface area contributed by atoms with Gasteiger partial charge in [-0.05, 0) is 36.9 Å². The van der Waals surface area contributed by atoms with E-state index >= 15 is 4.11 Å². The molecule has 4 atom stereocenters. The van der Waals surface area contributed by atoms with Gasteiger partial charge < -0.3 is 28.3 Å². The van der Waals surface area contributed by atoms with Crippen molar-refractivity contribution in [2.45, 2.75) is 50.7 Å². The number of ether oxygens (including phenoxy) is 3. The van der Waals surface area contributed by atoms with Crippen LogP contribution in [-0.2, 0) is 20.8 Å². The molecular weight excluding hydrogens is 507 g/mol. The Labute approximate surface area is 224 Å². The van der Waals surface area contributed by atoms with Crippen molar-refractivity contribution >= 4 is 26.1 Å². The van der Waals surface area contributed by atoms with Crippen LogP contribution in [0.5, 0.6) is 5.75 Å². The number of hydrogen-bond acceptors (Lipinski definition) is 6. The lowest BCUT2D eigenvalue weighted by molar-refractivity contribution is -0.133. The van der Waals surface area contributed by atoms with Crippen LogP contribution in [0.1, 0.15) is 30.6 Å². The summed E-state index contributed by atoms with van der Waals surface area (Å²) in [4.78, 5) is 28.7. The third-order valence-corrected chi connectivity index (χ3v) is 9.79. The number of methoxy groups -OCH3 is 1. The molecule has 206 valence electrons. The summed E-state index contributed by atoms with van der Waals surface area (Å²) < 4.78 is 33.3. The SMILES string of the molecule is CO[C@H]1c2cc(N3CCOC3=O)ccc2O[C@@H](C(CC(=O)N(CCO)Cc2ccccc2)[Si](C)(C)F)[C@@H]1C. The molecule has 1 fully saturated rings. The molecule has 10 heteroatoms. The molecule has 2 aromatic carbocycles.